The van der Waals surface area contributed by atoms with Crippen LogP contribution in [0.1, 0.15) is 25.0 Å². The van der Waals surface area contributed by atoms with Gasteiger partial charge in [0.15, 0.2) is 0 Å². The fourth-order valence-corrected chi connectivity index (χ4v) is 1.83. The Hall–Kier alpha value is -1.74. The van der Waals surface area contributed by atoms with Crippen LogP contribution in [-0.2, 0) is 5.41 Å². The second-order valence-corrected chi connectivity index (χ2v) is 17.8. The highest BCUT2D eigenvalue weighted by Crippen LogP contribution is 2.22. The molecule has 0 aliphatic carbocycles. The van der Waals surface area contributed by atoms with E-state index in [0.29, 0.717) is 0 Å². The van der Waals surface area contributed by atoms with Gasteiger partial charge < -0.3 is 0 Å². The lowest BCUT2D eigenvalue weighted by atomic mass is 9.86. The number of benzene rings is 1. The summed E-state index contributed by atoms with van der Waals surface area (Å²) in [4.78, 5) is 0. The first kappa shape index (κ1) is 21.3. The Morgan fingerprint density at radius 3 is 1.91 bits per heavy atom. The number of terminal acetylenes is 1. The molecule has 0 atom stereocenters. The van der Waals surface area contributed by atoms with Crippen LogP contribution in [0, 0.1) is 34.8 Å². The van der Waals surface area contributed by atoms with Gasteiger partial charge in [-0.1, -0.05) is 57.3 Å². The molecule has 0 N–H and O–H groups in total. The Bertz CT molecular complexity index is 663. The van der Waals surface area contributed by atoms with E-state index >= 15 is 0 Å². The third-order valence-corrected chi connectivity index (χ3v) is 4.62. The SMILES string of the molecule is C#C[Si](C)(C)C.CC(C)(C#N)c1cccc(C#C[Si](C)(C)C)c1. The summed E-state index contributed by atoms with van der Waals surface area (Å²) in [7, 11) is -2.44. The van der Waals surface area contributed by atoms with Crippen molar-refractivity contribution in [2.45, 2.75) is 58.5 Å². The summed E-state index contributed by atoms with van der Waals surface area (Å²) < 4.78 is 0. The second kappa shape index (κ2) is 8.21. The summed E-state index contributed by atoms with van der Waals surface area (Å²) in [5, 5.41) is 9.12. The highest BCUT2D eigenvalue weighted by molar-refractivity contribution is 6.84. The van der Waals surface area contributed by atoms with Crippen LogP contribution in [0.4, 0.5) is 0 Å². The normalized spacial score (nSPS) is 11.0. The predicted molar refractivity (Wildman–Crippen MR) is 107 cm³/mol. The lowest BCUT2D eigenvalue weighted by Crippen LogP contribution is -2.16. The molecule has 0 saturated heterocycles. The van der Waals surface area contributed by atoms with Gasteiger partial charge in [-0.25, -0.2) is 0 Å². The van der Waals surface area contributed by atoms with Gasteiger partial charge >= 0.3 is 0 Å². The summed E-state index contributed by atoms with van der Waals surface area (Å²) in [5.41, 5.74) is 7.67. The summed E-state index contributed by atoms with van der Waals surface area (Å²) in [5.74, 6) is 3.22. The van der Waals surface area contributed by atoms with Gasteiger partial charge in [0, 0.05) is 5.56 Å². The van der Waals surface area contributed by atoms with Crippen molar-refractivity contribution in [3.8, 4) is 29.5 Å². The van der Waals surface area contributed by atoms with Gasteiger partial charge in [-0.2, -0.15) is 5.26 Å². The molecule has 0 saturated carbocycles. The highest BCUT2D eigenvalue weighted by Gasteiger charge is 2.19. The molecule has 3 heteroatoms. The molecular formula is C20H29NSi2. The predicted octanol–water partition coefficient (Wildman–Crippen LogP) is 5.21. The first-order valence-electron chi connectivity index (χ1n) is 7.83. The molecule has 23 heavy (non-hydrogen) atoms. The molecule has 0 amide bonds. The largest absolute Gasteiger partial charge is 0.197 e. The first-order chi connectivity index (χ1) is 10.3. The van der Waals surface area contributed by atoms with E-state index in [-0.39, 0.29) is 0 Å². The Morgan fingerprint density at radius 2 is 1.52 bits per heavy atom. The maximum atomic E-state index is 9.12. The van der Waals surface area contributed by atoms with Crippen LogP contribution in [0.25, 0.3) is 0 Å². The van der Waals surface area contributed by atoms with Gasteiger partial charge in [0.1, 0.15) is 16.1 Å². The van der Waals surface area contributed by atoms with E-state index in [2.05, 4.69) is 62.4 Å². The second-order valence-electron chi connectivity index (χ2n) is 8.21. The van der Waals surface area contributed by atoms with Crippen molar-refractivity contribution in [2.75, 3.05) is 0 Å². The van der Waals surface area contributed by atoms with Gasteiger partial charge in [0.2, 0.25) is 0 Å². The van der Waals surface area contributed by atoms with Crippen LogP contribution in [0.15, 0.2) is 24.3 Å². The number of rotatable bonds is 1. The zero-order valence-electron chi connectivity index (χ0n) is 15.8. The molecule has 122 valence electrons. The smallest absolute Gasteiger partial charge is 0.129 e. The number of hydrogen-bond donors (Lipinski definition) is 0. The van der Waals surface area contributed by atoms with E-state index in [1.165, 1.54) is 0 Å². The van der Waals surface area contributed by atoms with E-state index < -0.39 is 21.6 Å². The fourth-order valence-electron chi connectivity index (χ4n) is 1.31. The summed E-state index contributed by atoms with van der Waals surface area (Å²) in [6.07, 6.45) is 5.12. The lowest BCUT2D eigenvalue weighted by Gasteiger charge is -2.15. The Morgan fingerprint density at radius 1 is 1.00 bits per heavy atom. The first-order valence-corrected chi connectivity index (χ1v) is 14.8. The maximum Gasteiger partial charge on any atom is 0.129 e. The quantitative estimate of drug-likeness (QED) is 0.509. The van der Waals surface area contributed by atoms with Crippen molar-refractivity contribution in [3.63, 3.8) is 0 Å². The number of nitriles is 1. The van der Waals surface area contributed by atoms with Crippen LogP contribution in [0.5, 0.6) is 0 Å². The summed E-state index contributed by atoms with van der Waals surface area (Å²) in [6, 6.07) is 10.3. The topological polar surface area (TPSA) is 23.8 Å². The zero-order valence-corrected chi connectivity index (χ0v) is 17.8. The minimum Gasteiger partial charge on any atom is -0.197 e. The molecule has 0 aromatic heterocycles. The molecule has 1 aromatic carbocycles. The molecule has 0 radical (unpaired) electrons. The fraction of sp³-hybridized carbons (Fsp3) is 0.450. The van der Waals surface area contributed by atoms with E-state index in [4.69, 9.17) is 11.7 Å². The van der Waals surface area contributed by atoms with Crippen molar-refractivity contribution >= 4 is 16.1 Å². The maximum absolute atomic E-state index is 9.12. The summed E-state index contributed by atoms with van der Waals surface area (Å²) in [6.45, 7) is 17.0. The molecule has 1 rings (SSSR count). The van der Waals surface area contributed by atoms with E-state index in [0.717, 1.165) is 11.1 Å². The van der Waals surface area contributed by atoms with Gasteiger partial charge in [-0.05, 0) is 31.5 Å². The molecule has 0 fully saturated rings. The molecule has 0 heterocycles. The molecule has 0 aliphatic rings. The van der Waals surface area contributed by atoms with E-state index in [9.17, 15) is 0 Å². The summed E-state index contributed by atoms with van der Waals surface area (Å²) >= 11 is 0. The van der Waals surface area contributed by atoms with Gasteiger partial charge in [0.25, 0.3) is 0 Å². The Balaban J connectivity index is 0.000000688. The Labute approximate surface area is 145 Å². The Kier molecular flexibility index (Phi) is 7.59. The molecule has 0 spiro atoms. The monoisotopic (exact) mass is 339 g/mol. The van der Waals surface area contributed by atoms with Crippen LogP contribution in [0.2, 0.25) is 39.3 Å². The zero-order chi connectivity index (χ0) is 18.3. The molecule has 0 bridgehead atoms. The van der Waals surface area contributed by atoms with Crippen LogP contribution in [0.3, 0.4) is 0 Å². The minimum atomic E-state index is -1.34. The lowest BCUT2D eigenvalue weighted by molar-refractivity contribution is 0.686. The molecule has 0 aliphatic heterocycles. The van der Waals surface area contributed by atoms with Crippen LogP contribution in [-0.4, -0.2) is 16.1 Å². The van der Waals surface area contributed by atoms with Gasteiger partial charge in [0.05, 0.1) is 11.5 Å². The van der Waals surface area contributed by atoms with E-state index in [1.54, 1.807) is 0 Å². The van der Waals surface area contributed by atoms with Crippen molar-refractivity contribution in [1.29, 1.82) is 5.26 Å². The highest BCUT2D eigenvalue weighted by atomic mass is 28.3. The molecule has 1 aromatic rings. The van der Waals surface area contributed by atoms with E-state index in [1.807, 2.05) is 38.1 Å². The van der Waals surface area contributed by atoms with Gasteiger partial charge in [-0.15, -0.1) is 17.5 Å². The third-order valence-electron chi connectivity index (χ3n) is 2.88. The standard InChI is InChI=1S/C15H19NSi.C5H10Si/c1-15(2,12-16)14-8-6-7-13(11-14)9-10-17(3,4)5;1-5-6(2,3)4/h6-8,11H,1-5H3;1H,2-4H3. The number of hydrogen-bond acceptors (Lipinski definition) is 1. The minimum absolute atomic E-state index is 0.448. The van der Waals surface area contributed by atoms with Crippen molar-refractivity contribution in [1.82, 2.24) is 0 Å². The van der Waals surface area contributed by atoms with Crippen molar-refractivity contribution in [2.24, 2.45) is 0 Å². The van der Waals surface area contributed by atoms with Crippen LogP contribution >= 0.6 is 0 Å². The van der Waals surface area contributed by atoms with Crippen LogP contribution < -0.4 is 0 Å². The van der Waals surface area contributed by atoms with Gasteiger partial charge in [-0.3, -0.25) is 0 Å². The molecular weight excluding hydrogens is 310 g/mol. The average molecular weight is 340 g/mol. The average Bonchev–Trinajstić information content (AvgIpc) is 2.44. The third kappa shape index (κ3) is 9.80. The van der Waals surface area contributed by atoms with Crippen molar-refractivity contribution in [3.05, 3.63) is 35.4 Å². The molecule has 0 unspecified atom stereocenters. The number of nitrogens with zero attached hydrogens (tertiary/aromatic N) is 1. The molecule has 1 nitrogen and oxygen atoms in total. The van der Waals surface area contributed by atoms with Crippen molar-refractivity contribution < 1.29 is 0 Å².